The van der Waals surface area contributed by atoms with Gasteiger partial charge in [0, 0.05) is 18.0 Å². The summed E-state index contributed by atoms with van der Waals surface area (Å²) in [6, 6.07) is 0.660. The molecule has 0 aromatic carbocycles. The van der Waals surface area contributed by atoms with Crippen LogP contribution in [0.5, 0.6) is 0 Å². The predicted molar refractivity (Wildman–Crippen MR) is 140 cm³/mol. The summed E-state index contributed by atoms with van der Waals surface area (Å²) in [7, 11) is -3.13. The van der Waals surface area contributed by atoms with Crippen molar-refractivity contribution >= 4 is 10.0 Å². The smallest absolute Gasteiger partial charge is 0.208 e. The van der Waals surface area contributed by atoms with E-state index in [-0.39, 0.29) is 11.6 Å². The summed E-state index contributed by atoms with van der Waals surface area (Å²) in [4.78, 5) is 0. The second-order valence-corrected chi connectivity index (χ2v) is 15.8. The lowest BCUT2D eigenvalue weighted by Gasteiger charge is -2.54. The third-order valence-electron chi connectivity index (χ3n) is 12.0. The lowest BCUT2D eigenvalue weighted by Crippen LogP contribution is -2.50. The van der Waals surface area contributed by atoms with Crippen LogP contribution in [0.25, 0.3) is 0 Å². The molecule has 2 aliphatic heterocycles. The van der Waals surface area contributed by atoms with Gasteiger partial charge in [0.1, 0.15) is 0 Å². The number of hydrogen-bond donors (Lipinski definition) is 2. The molecule has 5 fully saturated rings. The van der Waals surface area contributed by atoms with E-state index in [1.165, 1.54) is 51.2 Å². The lowest BCUT2D eigenvalue weighted by atomic mass is 9.52. The van der Waals surface area contributed by atoms with E-state index in [1.54, 1.807) is 11.1 Å². The molecule has 0 aromatic rings. The first kappa shape index (κ1) is 24.9. The third-order valence-corrected chi connectivity index (χ3v) is 12.8. The maximum atomic E-state index is 11.9. The molecule has 0 amide bonds. The Morgan fingerprint density at radius 1 is 1.09 bits per heavy atom. The Morgan fingerprint density at radius 3 is 2.66 bits per heavy atom. The monoisotopic (exact) mass is 504 g/mol. The zero-order chi connectivity index (χ0) is 24.8. The summed E-state index contributed by atoms with van der Waals surface area (Å²) in [5.41, 5.74) is 3.83. The normalized spacial score (nSPS) is 52.0. The van der Waals surface area contributed by atoms with Gasteiger partial charge < -0.3 is 10.1 Å². The molecular formula is C29H48N2O3S. The molecule has 0 aromatic heterocycles. The molecule has 35 heavy (non-hydrogen) atoms. The van der Waals surface area contributed by atoms with Crippen molar-refractivity contribution in [2.45, 2.75) is 116 Å². The number of sulfonamides is 1. The molecule has 0 radical (unpaired) electrons. The number of nitrogens with one attached hydrogen (secondary N) is 2. The van der Waals surface area contributed by atoms with Gasteiger partial charge in [-0.3, -0.25) is 0 Å². The number of hydrogen-bond acceptors (Lipinski definition) is 4. The van der Waals surface area contributed by atoms with Crippen LogP contribution in [0.3, 0.4) is 0 Å². The van der Waals surface area contributed by atoms with Gasteiger partial charge in [-0.1, -0.05) is 31.9 Å². The van der Waals surface area contributed by atoms with E-state index >= 15 is 0 Å². The van der Waals surface area contributed by atoms with E-state index in [2.05, 4.69) is 37.7 Å². The molecule has 198 valence electrons. The highest BCUT2D eigenvalue weighted by molar-refractivity contribution is 7.88. The maximum Gasteiger partial charge on any atom is 0.208 e. The van der Waals surface area contributed by atoms with E-state index in [0.29, 0.717) is 35.3 Å². The van der Waals surface area contributed by atoms with Crippen molar-refractivity contribution in [1.82, 2.24) is 10.0 Å². The van der Waals surface area contributed by atoms with Crippen LogP contribution in [-0.4, -0.2) is 45.0 Å². The summed E-state index contributed by atoms with van der Waals surface area (Å²) >= 11 is 0. The molecule has 5 nitrogen and oxygen atoms in total. The van der Waals surface area contributed by atoms with E-state index < -0.39 is 10.0 Å². The van der Waals surface area contributed by atoms with Gasteiger partial charge in [-0.2, -0.15) is 0 Å². The minimum Gasteiger partial charge on any atom is -0.369 e. The van der Waals surface area contributed by atoms with Crippen molar-refractivity contribution in [1.29, 1.82) is 0 Å². The second-order valence-electron chi connectivity index (χ2n) is 14.0. The first-order valence-corrected chi connectivity index (χ1v) is 16.5. The van der Waals surface area contributed by atoms with Gasteiger partial charge in [-0.25, -0.2) is 13.1 Å². The van der Waals surface area contributed by atoms with Crippen molar-refractivity contribution in [2.24, 2.45) is 40.9 Å². The Bertz CT molecular complexity index is 994. The first-order chi connectivity index (χ1) is 16.5. The van der Waals surface area contributed by atoms with Crippen LogP contribution in [0.15, 0.2) is 11.1 Å². The molecule has 0 bridgehead atoms. The summed E-state index contributed by atoms with van der Waals surface area (Å²) in [6.07, 6.45) is 13.6. The summed E-state index contributed by atoms with van der Waals surface area (Å²) < 4.78 is 33.7. The van der Waals surface area contributed by atoms with Gasteiger partial charge in [-0.05, 0) is 113 Å². The Labute approximate surface area is 213 Å². The Kier molecular flexibility index (Phi) is 6.07. The average Bonchev–Trinajstić information content (AvgIpc) is 3.23. The van der Waals surface area contributed by atoms with Crippen LogP contribution in [-0.2, 0) is 14.8 Å². The average molecular weight is 505 g/mol. The zero-order valence-electron chi connectivity index (χ0n) is 22.6. The highest BCUT2D eigenvalue weighted by Crippen LogP contribution is 2.65. The molecule has 6 rings (SSSR count). The van der Waals surface area contributed by atoms with Crippen LogP contribution in [0.2, 0.25) is 0 Å². The topological polar surface area (TPSA) is 67.4 Å². The molecule has 1 spiro atoms. The number of piperidine rings is 1. The van der Waals surface area contributed by atoms with Crippen molar-refractivity contribution in [2.75, 3.05) is 12.8 Å². The number of fused-ring (bicyclic) bond motifs is 6. The minimum absolute atomic E-state index is 0.0276. The standard InChI is InChI=1S/C29H48N2O3S/c1-17-12-26-27(30-16-17)19(3)29(34-26)11-9-22-23-7-6-20-13-21(31-35(5,32)33)8-10-28(20,4)25(23)14-24(22)18(2)15-29/h17,19-23,25-27,30-31H,6-16H2,1-5H3/t17-,19+,20?,21+,22-,23-,25-,26+,27-,28-,29-/m0/s1. The van der Waals surface area contributed by atoms with E-state index in [0.717, 1.165) is 43.6 Å². The number of allylic oxidation sites excluding steroid dienone is 1. The van der Waals surface area contributed by atoms with Gasteiger partial charge in [0.05, 0.1) is 18.0 Å². The van der Waals surface area contributed by atoms with Crippen LogP contribution >= 0.6 is 0 Å². The predicted octanol–water partition coefficient (Wildman–Crippen LogP) is 5.03. The molecule has 3 saturated carbocycles. The molecule has 11 atom stereocenters. The molecule has 2 N–H and O–H groups in total. The third kappa shape index (κ3) is 4.08. The van der Waals surface area contributed by atoms with Gasteiger partial charge in [0.25, 0.3) is 0 Å². The fourth-order valence-corrected chi connectivity index (χ4v) is 11.1. The molecule has 6 heteroatoms. The minimum atomic E-state index is -3.13. The fraction of sp³-hybridized carbons (Fsp3) is 0.931. The van der Waals surface area contributed by atoms with Crippen molar-refractivity contribution in [3.05, 3.63) is 11.1 Å². The van der Waals surface area contributed by atoms with Crippen molar-refractivity contribution in [3.8, 4) is 0 Å². The first-order valence-electron chi connectivity index (χ1n) is 14.6. The van der Waals surface area contributed by atoms with E-state index in [1.807, 2.05) is 0 Å². The van der Waals surface area contributed by atoms with Crippen molar-refractivity contribution < 1.29 is 13.2 Å². The molecule has 6 aliphatic rings. The Morgan fingerprint density at radius 2 is 1.89 bits per heavy atom. The van der Waals surface area contributed by atoms with Gasteiger partial charge in [-0.15, -0.1) is 0 Å². The molecule has 2 saturated heterocycles. The fourth-order valence-electron chi connectivity index (χ4n) is 10.2. The summed E-state index contributed by atoms with van der Waals surface area (Å²) in [5, 5.41) is 3.85. The highest BCUT2D eigenvalue weighted by Gasteiger charge is 2.59. The largest absolute Gasteiger partial charge is 0.369 e. The Hall–Kier alpha value is -0.430. The van der Waals surface area contributed by atoms with Crippen molar-refractivity contribution in [3.63, 3.8) is 0 Å². The molecule has 2 heterocycles. The number of ether oxygens (including phenoxy) is 1. The Balaban J connectivity index is 1.22. The maximum absolute atomic E-state index is 11.9. The quantitative estimate of drug-likeness (QED) is 0.518. The van der Waals surface area contributed by atoms with Crippen LogP contribution in [0.1, 0.15) is 91.9 Å². The molecule has 4 aliphatic carbocycles. The van der Waals surface area contributed by atoms with Crippen LogP contribution < -0.4 is 10.0 Å². The molecule has 1 unspecified atom stereocenters. The summed E-state index contributed by atoms with van der Waals surface area (Å²) in [6.45, 7) is 11.0. The van der Waals surface area contributed by atoms with Crippen LogP contribution in [0.4, 0.5) is 0 Å². The summed E-state index contributed by atoms with van der Waals surface area (Å²) in [5.74, 6) is 4.28. The molecular weight excluding hydrogens is 456 g/mol. The zero-order valence-corrected chi connectivity index (χ0v) is 23.4. The van der Waals surface area contributed by atoms with Gasteiger partial charge in [0.15, 0.2) is 0 Å². The van der Waals surface area contributed by atoms with Crippen LogP contribution in [0, 0.1) is 40.9 Å². The number of rotatable bonds is 2. The second kappa shape index (κ2) is 8.54. The SMILES string of the molecule is CC1=C2C[C@H]3[C@@H](CCC4C[C@H](NS(C)(=O)=O)CC[C@@]43C)[C@@H]2CC[C@@]2(C1)O[C@@H]1C[C@H](C)CN[C@H]1[C@H]2C. The lowest BCUT2D eigenvalue weighted by molar-refractivity contribution is -0.0746. The van der Waals surface area contributed by atoms with Gasteiger partial charge >= 0.3 is 0 Å². The van der Waals surface area contributed by atoms with E-state index in [9.17, 15) is 8.42 Å². The highest BCUT2D eigenvalue weighted by atomic mass is 32.2. The van der Waals surface area contributed by atoms with E-state index in [4.69, 9.17) is 4.74 Å². The van der Waals surface area contributed by atoms with Gasteiger partial charge in [0.2, 0.25) is 10.0 Å².